The highest BCUT2D eigenvalue weighted by Crippen LogP contribution is 2.13. The van der Waals surface area contributed by atoms with Gasteiger partial charge in [-0.25, -0.2) is 0 Å². The second-order valence-corrected chi connectivity index (χ2v) is 2.39. The Balaban J connectivity index is 3.03. The maximum absolute atomic E-state index is 11.0. The van der Waals surface area contributed by atoms with Crippen LogP contribution in [0.15, 0.2) is 18.2 Å². The van der Waals surface area contributed by atoms with Gasteiger partial charge in [0, 0.05) is 7.05 Å². The molecule has 3 heteroatoms. The van der Waals surface area contributed by atoms with E-state index in [-0.39, 0.29) is 5.91 Å². The molecule has 0 heterocycles. The summed E-state index contributed by atoms with van der Waals surface area (Å²) in [5.41, 5.74) is 0.455. The minimum Gasteiger partial charge on any atom is -0.355 e. The van der Waals surface area contributed by atoms with Crippen LogP contribution < -0.4 is 5.32 Å². The molecule has 11 heavy (non-hydrogen) atoms. The third-order valence-corrected chi connectivity index (χ3v) is 1.61. The summed E-state index contributed by atoms with van der Waals surface area (Å²) in [7, 11) is 1.56. The number of rotatable bonds is 1. The van der Waals surface area contributed by atoms with Gasteiger partial charge in [-0.3, -0.25) is 4.79 Å². The van der Waals surface area contributed by atoms with Crippen molar-refractivity contribution in [2.75, 3.05) is 7.05 Å². The van der Waals surface area contributed by atoms with Crippen LogP contribution in [0.25, 0.3) is 0 Å². The molecule has 0 saturated heterocycles. The molecule has 1 rings (SSSR count). The summed E-state index contributed by atoms with van der Waals surface area (Å²) >= 11 is 5.72. The maximum atomic E-state index is 11.0. The Kier molecular flexibility index (Phi) is 2.49. The zero-order chi connectivity index (χ0) is 8.27. The number of carbonyl (C=O) groups is 1. The molecule has 1 N–H and O–H groups in total. The zero-order valence-corrected chi connectivity index (χ0v) is 6.77. The van der Waals surface area contributed by atoms with Crippen LogP contribution in [0, 0.1) is 6.07 Å². The first-order valence-electron chi connectivity index (χ1n) is 3.13. The van der Waals surface area contributed by atoms with E-state index >= 15 is 0 Å². The summed E-state index contributed by atoms with van der Waals surface area (Å²) in [5, 5.41) is 2.93. The first-order valence-corrected chi connectivity index (χ1v) is 3.51. The third kappa shape index (κ3) is 1.71. The molecule has 0 atom stereocenters. The highest BCUT2D eigenvalue weighted by molar-refractivity contribution is 6.33. The lowest BCUT2D eigenvalue weighted by molar-refractivity contribution is 0.0963. The van der Waals surface area contributed by atoms with Gasteiger partial charge in [0.25, 0.3) is 5.91 Å². The van der Waals surface area contributed by atoms with Crippen LogP contribution in [-0.2, 0) is 0 Å². The lowest BCUT2D eigenvalue weighted by Crippen LogP contribution is -2.17. The quantitative estimate of drug-likeness (QED) is 0.677. The van der Waals surface area contributed by atoms with E-state index < -0.39 is 0 Å². The molecule has 0 aliphatic rings. The van der Waals surface area contributed by atoms with E-state index in [4.69, 9.17) is 11.6 Å². The first kappa shape index (κ1) is 8.08. The molecule has 0 unspecified atom stereocenters. The molecule has 1 radical (unpaired) electrons. The smallest absolute Gasteiger partial charge is 0.252 e. The topological polar surface area (TPSA) is 29.1 Å². The van der Waals surface area contributed by atoms with Crippen LogP contribution in [0.2, 0.25) is 5.02 Å². The second-order valence-electron chi connectivity index (χ2n) is 1.99. The van der Waals surface area contributed by atoms with E-state index in [0.29, 0.717) is 10.6 Å². The summed E-state index contributed by atoms with van der Waals surface area (Å²) in [4.78, 5) is 11.0. The largest absolute Gasteiger partial charge is 0.355 e. The van der Waals surface area contributed by atoms with Crippen molar-refractivity contribution in [3.63, 3.8) is 0 Å². The summed E-state index contributed by atoms with van der Waals surface area (Å²) < 4.78 is 0. The van der Waals surface area contributed by atoms with Crippen molar-refractivity contribution in [3.8, 4) is 0 Å². The number of hydrogen-bond acceptors (Lipinski definition) is 1. The number of carbonyl (C=O) groups excluding carboxylic acids is 1. The van der Waals surface area contributed by atoms with Gasteiger partial charge < -0.3 is 5.32 Å². The van der Waals surface area contributed by atoms with Crippen LogP contribution >= 0.6 is 11.6 Å². The fraction of sp³-hybridized carbons (Fsp3) is 0.125. The summed E-state index contributed by atoms with van der Waals surface area (Å²) in [6.07, 6.45) is 0. The molecule has 0 saturated carbocycles. The SMILES string of the molecule is CNC(=O)c1c[c]ccc1Cl. The van der Waals surface area contributed by atoms with Crippen LogP contribution in [0.5, 0.6) is 0 Å². The first-order chi connectivity index (χ1) is 5.25. The summed E-state index contributed by atoms with van der Waals surface area (Å²) in [6, 6.07) is 7.62. The summed E-state index contributed by atoms with van der Waals surface area (Å²) in [5.74, 6) is -0.188. The number of hydrogen-bond donors (Lipinski definition) is 1. The molecule has 0 aliphatic carbocycles. The van der Waals surface area contributed by atoms with E-state index in [0.717, 1.165) is 0 Å². The minimum absolute atomic E-state index is 0.188. The van der Waals surface area contributed by atoms with Crippen molar-refractivity contribution in [3.05, 3.63) is 34.9 Å². The van der Waals surface area contributed by atoms with Gasteiger partial charge >= 0.3 is 0 Å². The highest BCUT2D eigenvalue weighted by Gasteiger charge is 2.05. The fourth-order valence-corrected chi connectivity index (χ4v) is 0.923. The van der Waals surface area contributed by atoms with Crippen molar-refractivity contribution in [1.82, 2.24) is 5.32 Å². The van der Waals surface area contributed by atoms with Crippen molar-refractivity contribution in [2.24, 2.45) is 0 Å². The third-order valence-electron chi connectivity index (χ3n) is 1.28. The van der Waals surface area contributed by atoms with Crippen molar-refractivity contribution in [2.45, 2.75) is 0 Å². The van der Waals surface area contributed by atoms with Gasteiger partial charge in [-0.1, -0.05) is 17.7 Å². The minimum atomic E-state index is -0.188. The van der Waals surface area contributed by atoms with Crippen LogP contribution in [0.4, 0.5) is 0 Å². The number of halogens is 1. The Morgan fingerprint density at radius 1 is 1.73 bits per heavy atom. The molecule has 0 spiro atoms. The van der Waals surface area contributed by atoms with Crippen LogP contribution in [0.3, 0.4) is 0 Å². The molecular formula is C8H7ClNO. The van der Waals surface area contributed by atoms with Gasteiger partial charge in [0.1, 0.15) is 0 Å². The fourth-order valence-electron chi connectivity index (χ4n) is 0.720. The van der Waals surface area contributed by atoms with E-state index in [1.807, 2.05) is 0 Å². The van der Waals surface area contributed by atoms with Gasteiger partial charge in [-0.2, -0.15) is 0 Å². The molecule has 0 bridgehead atoms. The Morgan fingerprint density at radius 2 is 2.45 bits per heavy atom. The average Bonchev–Trinajstić information content (AvgIpc) is 2.04. The van der Waals surface area contributed by atoms with Gasteiger partial charge in [0.05, 0.1) is 10.6 Å². The molecule has 2 nitrogen and oxygen atoms in total. The van der Waals surface area contributed by atoms with E-state index in [1.54, 1.807) is 25.2 Å². The number of benzene rings is 1. The predicted octanol–water partition coefficient (Wildman–Crippen LogP) is 1.50. The predicted molar refractivity (Wildman–Crippen MR) is 43.7 cm³/mol. The normalized spacial score (nSPS) is 9.27. The lowest BCUT2D eigenvalue weighted by Gasteiger charge is -1.99. The van der Waals surface area contributed by atoms with Gasteiger partial charge in [0.2, 0.25) is 0 Å². The maximum Gasteiger partial charge on any atom is 0.252 e. The second kappa shape index (κ2) is 3.39. The molecular weight excluding hydrogens is 162 g/mol. The highest BCUT2D eigenvalue weighted by atomic mass is 35.5. The standard InChI is InChI=1S/C8H7ClNO/c1-10-8(11)6-4-2-3-5-7(6)9/h3-5H,1H3,(H,10,11). The Morgan fingerprint density at radius 3 is 3.00 bits per heavy atom. The van der Waals surface area contributed by atoms with Crippen LogP contribution in [0.1, 0.15) is 10.4 Å². The number of nitrogens with one attached hydrogen (secondary N) is 1. The molecule has 0 aromatic heterocycles. The molecule has 1 amide bonds. The van der Waals surface area contributed by atoms with Gasteiger partial charge in [-0.05, 0) is 18.2 Å². The van der Waals surface area contributed by atoms with E-state index in [2.05, 4.69) is 11.4 Å². The number of amides is 1. The molecule has 0 fully saturated rings. The lowest BCUT2D eigenvalue weighted by atomic mass is 10.2. The monoisotopic (exact) mass is 168 g/mol. The molecule has 57 valence electrons. The summed E-state index contributed by atoms with van der Waals surface area (Å²) in [6.45, 7) is 0. The zero-order valence-electron chi connectivity index (χ0n) is 6.02. The van der Waals surface area contributed by atoms with E-state index in [9.17, 15) is 4.79 Å². The molecule has 1 aromatic carbocycles. The Labute approximate surface area is 70.2 Å². The Hall–Kier alpha value is -1.02. The van der Waals surface area contributed by atoms with Crippen molar-refractivity contribution < 1.29 is 4.79 Å². The molecule has 0 aliphatic heterocycles. The van der Waals surface area contributed by atoms with Crippen molar-refractivity contribution in [1.29, 1.82) is 0 Å². The van der Waals surface area contributed by atoms with E-state index in [1.165, 1.54) is 0 Å². The van der Waals surface area contributed by atoms with Crippen molar-refractivity contribution >= 4 is 17.5 Å². The van der Waals surface area contributed by atoms with Gasteiger partial charge in [-0.15, -0.1) is 0 Å². The molecule has 1 aromatic rings. The van der Waals surface area contributed by atoms with Crippen LogP contribution in [-0.4, -0.2) is 13.0 Å². The average molecular weight is 169 g/mol. The van der Waals surface area contributed by atoms with Gasteiger partial charge in [0.15, 0.2) is 0 Å². The Bertz CT molecular complexity index is 273.